The van der Waals surface area contributed by atoms with Gasteiger partial charge in [0, 0.05) is 0 Å². The van der Waals surface area contributed by atoms with Crippen LogP contribution in [-0.2, 0) is 12.8 Å². The number of fused-ring (bicyclic) bond motifs is 12. The number of benzene rings is 10. The van der Waals surface area contributed by atoms with Crippen LogP contribution in [0.25, 0.3) is 86.9 Å². The topological polar surface area (TPSA) is 0 Å². The maximum atomic E-state index is 2.40. The largest absolute Gasteiger partial charge is 0.0616 e. The zero-order valence-electron chi connectivity index (χ0n) is 27.6. The summed E-state index contributed by atoms with van der Waals surface area (Å²) in [5.74, 6) is 0. The predicted octanol–water partition coefficient (Wildman–Crippen LogP) is 13.4. The van der Waals surface area contributed by atoms with Crippen LogP contribution in [0.4, 0.5) is 0 Å². The number of rotatable bonds is 0. The first-order valence-corrected chi connectivity index (χ1v) is 17.7. The molecule has 0 aromatic heterocycles. The first kappa shape index (κ1) is 27.7. The quantitative estimate of drug-likeness (QED) is 0.146. The first-order chi connectivity index (χ1) is 24.7. The predicted molar refractivity (Wildman–Crippen MR) is 214 cm³/mol. The van der Waals surface area contributed by atoms with E-state index in [2.05, 4.69) is 170 Å². The Morgan fingerprint density at radius 3 is 0.700 bits per heavy atom. The van der Waals surface area contributed by atoms with E-state index in [4.69, 9.17) is 0 Å². The number of hydrogen-bond donors (Lipinski definition) is 0. The van der Waals surface area contributed by atoms with Crippen molar-refractivity contribution in [1.29, 1.82) is 0 Å². The Labute approximate surface area is 290 Å². The van der Waals surface area contributed by atoms with Crippen molar-refractivity contribution in [2.75, 3.05) is 0 Å². The highest BCUT2D eigenvalue weighted by Gasteiger charge is 2.21. The molecule has 0 saturated carbocycles. The van der Waals surface area contributed by atoms with Crippen LogP contribution < -0.4 is 0 Å². The molecule has 0 fully saturated rings. The van der Waals surface area contributed by atoms with Crippen molar-refractivity contribution in [3.05, 3.63) is 192 Å². The molecule has 0 bridgehead atoms. The second-order valence-corrected chi connectivity index (χ2v) is 14.2. The van der Waals surface area contributed by atoms with Gasteiger partial charge in [0.25, 0.3) is 0 Å². The van der Waals surface area contributed by atoms with Crippen LogP contribution in [0.1, 0.15) is 22.3 Å². The lowest BCUT2D eigenvalue weighted by Gasteiger charge is -2.08. The summed E-state index contributed by atoms with van der Waals surface area (Å²) in [6.45, 7) is 0. The molecule has 0 radical (unpaired) electrons. The Morgan fingerprint density at radius 1 is 0.200 bits per heavy atom. The molecule has 0 amide bonds. The fraction of sp³-hybridized carbons (Fsp3) is 0.0400. The summed E-state index contributed by atoms with van der Waals surface area (Å²) in [6.07, 6.45) is 2.08. The molecule has 0 nitrogen and oxygen atoms in total. The van der Waals surface area contributed by atoms with E-state index in [1.165, 1.54) is 109 Å². The van der Waals surface area contributed by atoms with E-state index in [-0.39, 0.29) is 0 Å². The second-order valence-electron chi connectivity index (χ2n) is 14.2. The molecule has 0 heteroatoms. The summed E-state index contributed by atoms with van der Waals surface area (Å²) >= 11 is 0. The van der Waals surface area contributed by atoms with Gasteiger partial charge in [0.2, 0.25) is 0 Å². The van der Waals surface area contributed by atoms with Gasteiger partial charge < -0.3 is 0 Å². The molecule has 232 valence electrons. The fourth-order valence-corrected chi connectivity index (χ4v) is 8.65. The van der Waals surface area contributed by atoms with E-state index >= 15 is 0 Å². The van der Waals surface area contributed by atoms with Gasteiger partial charge in [-0.25, -0.2) is 0 Å². The van der Waals surface area contributed by atoms with Gasteiger partial charge in [-0.1, -0.05) is 121 Å². The van der Waals surface area contributed by atoms with Gasteiger partial charge in [0.15, 0.2) is 0 Å². The Kier molecular flexibility index (Phi) is 5.89. The lowest BCUT2D eigenvalue weighted by Crippen LogP contribution is -1.82. The van der Waals surface area contributed by atoms with Crippen LogP contribution >= 0.6 is 0 Å². The third kappa shape index (κ3) is 4.39. The normalized spacial score (nSPS) is 12.6. The van der Waals surface area contributed by atoms with Crippen molar-refractivity contribution in [2.45, 2.75) is 12.8 Å². The van der Waals surface area contributed by atoms with Crippen LogP contribution in [-0.4, -0.2) is 0 Å². The molecule has 0 N–H and O–H groups in total. The third-order valence-electron chi connectivity index (χ3n) is 11.1. The highest BCUT2D eigenvalue weighted by Crippen LogP contribution is 2.43. The van der Waals surface area contributed by atoms with Crippen molar-refractivity contribution in [1.82, 2.24) is 0 Å². The van der Waals surface area contributed by atoms with Crippen LogP contribution in [0, 0.1) is 0 Å². The highest BCUT2D eigenvalue weighted by molar-refractivity contribution is 6.04. The molecule has 2 aliphatic rings. The smallest absolute Gasteiger partial charge is 0.00130 e. The lowest BCUT2D eigenvalue weighted by molar-refractivity contribution is 1.28. The standard InChI is InChI=1S/C29H18.C21H14/c1-3-7-20-11-24-16-28-26(13-22(24)9-18(20)5-1)15-27-14-23-10-19-6-2-4-8-21(19)12-25(23)17-29(27)28;1-3-7-16-12-20-18(9-14(16)5-1)11-19-10-15-6-2-4-8-17(15)13-21(19)20/h1-14,16-17H,15H2;1-10,12-13H,11H2. The van der Waals surface area contributed by atoms with Gasteiger partial charge in [0.05, 0.1) is 0 Å². The molecule has 0 aliphatic heterocycles. The maximum Gasteiger partial charge on any atom is -0.00130 e. The van der Waals surface area contributed by atoms with Gasteiger partial charge in [-0.15, -0.1) is 0 Å². The van der Waals surface area contributed by atoms with Crippen molar-refractivity contribution >= 4 is 64.6 Å². The molecule has 50 heavy (non-hydrogen) atoms. The van der Waals surface area contributed by atoms with Crippen LogP contribution in [0.2, 0.25) is 0 Å². The Hall–Kier alpha value is -6.24. The summed E-state index contributed by atoms with van der Waals surface area (Å²) in [5, 5.41) is 15.9. The van der Waals surface area contributed by atoms with E-state index in [0.29, 0.717) is 0 Å². The van der Waals surface area contributed by atoms with E-state index < -0.39 is 0 Å². The molecule has 0 saturated heterocycles. The number of hydrogen-bond acceptors (Lipinski definition) is 0. The minimum atomic E-state index is 1.02. The summed E-state index contributed by atoms with van der Waals surface area (Å²) in [4.78, 5) is 0. The molecular weight excluding hydrogens is 601 g/mol. The average molecular weight is 633 g/mol. The monoisotopic (exact) mass is 632 g/mol. The molecule has 2 aliphatic carbocycles. The van der Waals surface area contributed by atoms with E-state index in [0.717, 1.165) is 12.8 Å². The van der Waals surface area contributed by atoms with Gasteiger partial charge in [-0.3, -0.25) is 0 Å². The van der Waals surface area contributed by atoms with Crippen molar-refractivity contribution in [3.63, 3.8) is 0 Å². The zero-order valence-corrected chi connectivity index (χ0v) is 27.6. The highest BCUT2D eigenvalue weighted by atomic mass is 14.2. The Balaban J connectivity index is 0.000000126. The third-order valence-corrected chi connectivity index (χ3v) is 11.1. The Bertz CT molecular complexity index is 2830. The fourth-order valence-electron chi connectivity index (χ4n) is 8.65. The zero-order chi connectivity index (χ0) is 32.8. The van der Waals surface area contributed by atoms with Crippen LogP contribution in [0.5, 0.6) is 0 Å². The summed E-state index contributed by atoms with van der Waals surface area (Å²) in [6, 6.07) is 62.9. The lowest BCUT2D eigenvalue weighted by atomic mass is 9.96. The van der Waals surface area contributed by atoms with E-state index in [9.17, 15) is 0 Å². The minimum Gasteiger partial charge on any atom is -0.0616 e. The van der Waals surface area contributed by atoms with E-state index in [1.807, 2.05) is 0 Å². The average Bonchev–Trinajstić information content (AvgIpc) is 3.68. The molecular formula is C50H32. The van der Waals surface area contributed by atoms with Crippen molar-refractivity contribution in [2.24, 2.45) is 0 Å². The second kappa shape index (κ2) is 10.6. The summed E-state index contributed by atoms with van der Waals surface area (Å²) in [5.41, 5.74) is 11.4. The van der Waals surface area contributed by atoms with Crippen LogP contribution in [0.15, 0.2) is 170 Å². The maximum absolute atomic E-state index is 2.40. The van der Waals surface area contributed by atoms with Crippen LogP contribution in [0.3, 0.4) is 0 Å². The van der Waals surface area contributed by atoms with Gasteiger partial charge in [-0.05, 0) is 171 Å². The molecule has 10 aromatic carbocycles. The SMILES string of the molecule is c1ccc2cc3c(cc2c1)Cc1cc2ccccc2cc1-3.c1ccc2cc3cc4c(cc3cc2c1)Cc1cc2cc3ccccc3cc2cc1-4. The molecule has 12 rings (SSSR count). The first-order valence-electron chi connectivity index (χ1n) is 17.7. The summed E-state index contributed by atoms with van der Waals surface area (Å²) in [7, 11) is 0. The molecule has 10 aromatic rings. The van der Waals surface area contributed by atoms with Gasteiger partial charge in [-0.2, -0.15) is 0 Å². The Morgan fingerprint density at radius 2 is 0.400 bits per heavy atom. The van der Waals surface area contributed by atoms with Crippen molar-refractivity contribution in [3.8, 4) is 22.3 Å². The molecule has 0 unspecified atom stereocenters. The van der Waals surface area contributed by atoms with Gasteiger partial charge >= 0.3 is 0 Å². The van der Waals surface area contributed by atoms with Gasteiger partial charge in [0.1, 0.15) is 0 Å². The molecule has 0 atom stereocenters. The molecule has 0 spiro atoms. The minimum absolute atomic E-state index is 1.02. The summed E-state index contributed by atoms with van der Waals surface area (Å²) < 4.78 is 0. The van der Waals surface area contributed by atoms with Crippen molar-refractivity contribution < 1.29 is 0 Å². The molecule has 0 heterocycles. The van der Waals surface area contributed by atoms with E-state index in [1.54, 1.807) is 0 Å².